The molecule has 4 nitrogen and oxygen atoms in total. The summed E-state index contributed by atoms with van der Waals surface area (Å²) in [5.74, 6) is 0. The van der Waals surface area contributed by atoms with Gasteiger partial charge in [-0.2, -0.15) is 0 Å². The van der Waals surface area contributed by atoms with E-state index in [1.54, 1.807) is 0 Å². The van der Waals surface area contributed by atoms with Crippen LogP contribution in [-0.4, -0.2) is 6.71 Å². The highest BCUT2D eigenvalue weighted by Crippen LogP contribution is 2.55. The summed E-state index contributed by atoms with van der Waals surface area (Å²) in [5.41, 5.74) is 30.5. The van der Waals surface area contributed by atoms with E-state index in [0.29, 0.717) is 0 Å². The van der Waals surface area contributed by atoms with Gasteiger partial charge >= 0.3 is 0 Å². The fourth-order valence-corrected chi connectivity index (χ4v) is 16.3. The summed E-state index contributed by atoms with van der Waals surface area (Å²) in [6.07, 6.45) is 7.64. The van der Waals surface area contributed by atoms with Crippen LogP contribution in [0.1, 0.15) is 121 Å². The highest BCUT2D eigenvalue weighted by molar-refractivity contribution is 7.00. The maximum absolute atomic E-state index is 2.74. The van der Waals surface area contributed by atoms with E-state index in [9.17, 15) is 0 Å². The van der Waals surface area contributed by atoms with Gasteiger partial charge in [0.25, 0.3) is 6.71 Å². The van der Waals surface area contributed by atoms with Gasteiger partial charge in [-0.05, 0) is 235 Å². The zero-order valence-corrected chi connectivity index (χ0v) is 53.3. The Morgan fingerprint density at radius 2 is 0.955 bits per heavy atom. The van der Waals surface area contributed by atoms with E-state index in [-0.39, 0.29) is 28.4 Å². The predicted octanol–water partition coefficient (Wildman–Crippen LogP) is 20.8. The lowest BCUT2D eigenvalue weighted by molar-refractivity contribution is 0.332. The second-order valence-electron chi connectivity index (χ2n) is 29.4. The lowest BCUT2D eigenvalue weighted by atomic mass is 9.33. The fraction of sp³-hybridized carbons (Fsp3) is 0.238. The number of benzene rings is 11. The summed E-state index contributed by atoms with van der Waals surface area (Å²) in [4.78, 5) is 10.5. The molecule has 11 aromatic carbocycles. The summed E-state index contributed by atoms with van der Waals surface area (Å²) in [7, 11) is 0. The largest absolute Gasteiger partial charge is 0.311 e. The Kier molecular flexibility index (Phi) is 12.7. The third kappa shape index (κ3) is 9.16. The normalized spacial score (nSPS) is 16.3. The maximum atomic E-state index is 2.74. The van der Waals surface area contributed by atoms with Crippen LogP contribution in [0.5, 0.6) is 0 Å². The Balaban J connectivity index is 1.05. The maximum Gasteiger partial charge on any atom is 0.252 e. The number of anilines is 12. The van der Waals surface area contributed by atoms with Crippen molar-refractivity contribution in [1.29, 1.82) is 0 Å². The Bertz CT molecular complexity index is 4570. The van der Waals surface area contributed by atoms with Gasteiger partial charge in [0.15, 0.2) is 0 Å². The molecule has 0 atom stereocenters. The molecule has 438 valence electrons. The predicted molar refractivity (Wildman–Crippen MR) is 380 cm³/mol. The molecule has 0 bridgehead atoms. The van der Waals surface area contributed by atoms with Crippen LogP contribution in [0.15, 0.2) is 231 Å². The van der Waals surface area contributed by atoms with Crippen LogP contribution in [-0.2, 0) is 41.9 Å². The molecular formula is C84H79BN4. The van der Waals surface area contributed by atoms with Crippen LogP contribution in [0.2, 0.25) is 0 Å². The van der Waals surface area contributed by atoms with E-state index in [1.807, 2.05) is 0 Å². The van der Waals surface area contributed by atoms with Gasteiger partial charge in [0.05, 0.1) is 11.4 Å². The van der Waals surface area contributed by atoms with Gasteiger partial charge in [-0.1, -0.05) is 196 Å². The molecule has 16 rings (SSSR count). The van der Waals surface area contributed by atoms with Crippen molar-refractivity contribution in [2.45, 2.75) is 124 Å². The monoisotopic (exact) mass is 1150 g/mol. The van der Waals surface area contributed by atoms with Crippen LogP contribution in [0, 0.1) is 5.41 Å². The number of nitrogens with zero attached hydrogens (tertiary/aromatic N) is 4. The van der Waals surface area contributed by atoms with Crippen molar-refractivity contribution < 1.29 is 0 Å². The molecular weight excluding hydrogens is 1080 g/mol. The van der Waals surface area contributed by atoms with Crippen molar-refractivity contribution >= 4 is 102 Å². The highest BCUT2D eigenvalue weighted by atomic mass is 15.2. The molecule has 5 heteroatoms. The number of hydrogen-bond acceptors (Lipinski definition) is 4. The molecule has 0 aromatic heterocycles. The molecule has 5 aliphatic rings. The fourth-order valence-electron chi connectivity index (χ4n) is 16.3. The van der Waals surface area contributed by atoms with Gasteiger partial charge in [-0.25, -0.2) is 0 Å². The van der Waals surface area contributed by atoms with Crippen molar-refractivity contribution in [3.63, 3.8) is 0 Å². The lowest BCUT2D eigenvalue weighted by Gasteiger charge is -2.48. The van der Waals surface area contributed by atoms with Gasteiger partial charge in [-0.3, -0.25) is 0 Å². The minimum Gasteiger partial charge on any atom is -0.311 e. The Morgan fingerprint density at radius 1 is 0.404 bits per heavy atom. The first-order valence-electron chi connectivity index (χ1n) is 32.7. The second kappa shape index (κ2) is 20.5. The Labute approximate surface area is 528 Å². The topological polar surface area (TPSA) is 13.0 Å². The summed E-state index contributed by atoms with van der Waals surface area (Å²) in [6, 6.07) is 88.9. The Morgan fingerprint density at radius 3 is 1.61 bits per heavy atom. The van der Waals surface area contributed by atoms with Crippen LogP contribution in [0.4, 0.5) is 68.2 Å². The van der Waals surface area contributed by atoms with Crippen LogP contribution < -0.4 is 36.0 Å². The summed E-state index contributed by atoms with van der Waals surface area (Å²) >= 11 is 0. The van der Waals surface area contributed by atoms with E-state index < -0.39 is 0 Å². The molecule has 89 heavy (non-hydrogen) atoms. The van der Waals surface area contributed by atoms with E-state index >= 15 is 0 Å². The average Bonchev–Trinajstić information content (AvgIpc) is 0.829. The van der Waals surface area contributed by atoms with Gasteiger partial charge < -0.3 is 19.6 Å². The zero-order chi connectivity index (χ0) is 60.7. The smallest absolute Gasteiger partial charge is 0.252 e. The quantitative estimate of drug-likeness (QED) is 0.134. The number of para-hydroxylation sites is 3. The van der Waals surface area contributed by atoms with Gasteiger partial charge in [0.2, 0.25) is 0 Å². The third-order valence-corrected chi connectivity index (χ3v) is 20.9. The average molecular weight is 1160 g/mol. The summed E-state index contributed by atoms with van der Waals surface area (Å²) in [5, 5.41) is 2.75. The standard InChI is InChI=1S/C84H79BN4/c1-81(2,3)60-39-42-74(67(47-60)55-25-14-10-15-26-55)89-76-52-70-69(83(6,7)43-44-84(70,8)9)51-72(76)85-71-41-40-64(87(63-36-20-13-21-37-63)65-45-57-29-22-27-56-28-23-30-58(46-65)79(56)57)48-75(71)88(73-38-24-31-59-53-82(4,5)54-68(59)73)77-49-66(50-78(89)80(77)85)86(61-32-16-11-17-33-61)62-34-18-12-19-35-62/h10-22,24-27,29,31-42,45-52H,23,28,30,43-44,53-54H2,1-9H3. The number of aryl methyl sites for hydroxylation is 2. The van der Waals surface area contributed by atoms with E-state index in [2.05, 4.69) is 312 Å². The van der Waals surface area contributed by atoms with E-state index in [1.165, 1.54) is 117 Å². The lowest BCUT2D eigenvalue weighted by Crippen LogP contribution is -2.62. The molecule has 0 fully saturated rings. The molecule has 11 aromatic rings. The first-order valence-corrected chi connectivity index (χ1v) is 32.7. The van der Waals surface area contributed by atoms with E-state index in [4.69, 9.17) is 0 Å². The van der Waals surface area contributed by atoms with Crippen LogP contribution in [0.25, 0.3) is 21.9 Å². The highest BCUT2D eigenvalue weighted by Gasteiger charge is 2.48. The number of hydrogen-bond donors (Lipinski definition) is 0. The molecule has 0 unspecified atom stereocenters. The molecule has 0 N–H and O–H groups in total. The molecule has 2 aliphatic heterocycles. The molecule has 0 amide bonds. The first-order chi connectivity index (χ1) is 43.0. The van der Waals surface area contributed by atoms with Crippen molar-refractivity contribution in [2.75, 3.05) is 19.6 Å². The molecule has 0 spiro atoms. The van der Waals surface area contributed by atoms with Crippen molar-refractivity contribution in [1.82, 2.24) is 0 Å². The SMILES string of the molecule is CC1(C)Cc2cccc(N3c4cc(N(c5ccccc5)c5cc6c7c(cccc7c5)CCC6)ccc4B4c5cc6c(cc5N(c5ccc(C(C)(C)C)cc5-c5ccccc5)c5cc(N(c7ccccc7)c7ccccc7)cc3c54)C(C)(C)CCC6(C)C)c2C1. The van der Waals surface area contributed by atoms with Crippen molar-refractivity contribution in [2.24, 2.45) is 5.41 Å². The summed E-state index contributed by atoms with van der Waals surface area (Å²) in [6.45, 7) is 21.8. The number of fused-ring (bicyclic) bond motifs is 6. The van der Waals surface area contributed by atoms with Crippen LogP contribution >= 0.6 is 0 Å². The van der Waals surface area contributed by atoms with Gasteiger partial charge in [0, 0.05) is 62.4 Å². The zero-order valence-electron chi connectivity index (χ0n) is 53.3. The Hall–Kier alpha value is -9.06. The molecule has 2 heterocycles. The van der Waals surface area contributed by atoms with Crippen molar-refractivity contribution in [3.8, 4) is 11.1 Å². The number of rotatable bonds is 9. The molecule has 0 saturated carbocycles. The van der Waals surface area contributed by atoms with E-state index in [0.717, 1.165) is 73.4 Å². The van der Waals surface area contributed by atoms with Gasteiger partial charge in [-0.15, -0.1) is 0 Å². The third-order valence-electron chi connectivity index (χ3n) is 20.9. The first kappa shape index (κ1) is 55.3. The van der Waals surface area contributed by atoms with Crippen molar-refractivity contribution in [3.05, 3.63) is 269 Å². The van der Waals surface area contributed by atoms with Crippen LogP contribution in [0.3, 0.4) is 0 Å². The minimum atomic E-state index is -0.121. The molecule has 0 saturated heterocycles. The molecule has 0 radical (unpaired) electrons. The molecule has 3 aliphatic carbocycles. The second-order valence-corrected chi connectivity index (χ2v) is 29.4. The minimum absolute atomic E-state index is 0.0337. The summed E-state index contributed by atoms with van der Waals surface area (Å²) < 4.78 is 0. The van der Waals surface area contributed by atoms with Gasteiger partial charge in [0.1, 0.15) is 0 Å².